The third kappa shape index (κ3) is 2.08. The number of nitrogens with one attached hydrogen (secondary N) is 1. The molecule has 1 N–H and O–H groups in total. The number of rotatable bonds is 4. The van der Waals surface area contributed by atoms with Gasteiger partial charge in [0.2, 0.25) is 0 Å². The van der Waals surface area contributed by atoms with Crippen LogP contribution < -0.4 is 5.32 Å². The first kappa shape index (κ1) is 8.72. The Balaban J connectivity index is 1.65. The summed E-state index contributed by atoms with van der Waals surface area (Å²) in [4.78, 5) is 3.84. The van der Waals surface area contributed by atoms with E-state index in [1.54, 1.807) is 13.3 Å². The Hall–Kier alpha value is -0.870. The number of ether oxygens (including phenoxy) is 1. The van der Waals surface area contributed by atoms with Crippen LogP contribution in [0, 0.1) is 0 Å². The summed E-state index contributed by atoms with van der Waals surface area (Å²) < 4.78 is 10.3. The lowest BCUT2D eigenvalue weighted by Crippen LogP contribution is -2.44. The minimum absolute atomic E-state index is 0.451. The second-order valence-electron chi connectivity index (χ2n) is 3.37. The SMILES string of the molecule is COC1CC(NCc2cnco2)C1. The number of hydrogen-bond acceptors (Lipinski definition) is 4. The Morgan fingerprint density at radius 3 is 3.15 bits per heavy atom. The Morgan fingerprint density at radius 1 is 1.69 bits per heavy atom. The van der Waals surface area contributed by atoms with Crippen LogP contribution in [0.25, 0.3) is 0 Å². The normalized spacial score (nSPS) is 27.2. The van der Waals surface area contributed by atoms with Crippen molar-refractivity contribution in [3.05, 3.63) is 18.4 Å². The molecule has 1 aliphatic rings. The van der Waals surface area contributed by atoms with E-state index in [2.05, 4.69) is 10.3 Å². The van der Waals surface area contributed by atoms with E-state index < -0.39 is 0 Å². The molecule has 1 aromatic rings. The molecule has 1 aromatic heterocycles. The van der Waals surface area contributed by atoms with Crippen molar-refractivity contribution >= 4 is 0 Å². The van der Waals surface area contributed by atoms with Crippen molar-refractivity contribution in [1.82, 2.24) is 10.3 Å². The van der Waals surface area contributed by atoms with E-state index in [0.717, 1.165) is 25.1 Å². The molecular formula is C9H14N2O2. The number of hydrogen-bond donors (Lipinski definition) is 1. The molecule has 0 amide bonds. The molecule has 1 heterocycles. The summed E-state index contributed by atoms with van der Waals surface area (Å²) in [6.07, 6.45) is 5.84. The van der Waals surface area contributed by atoms with Gasteiger partial charge in [0.1, 0.15) is 5.76 Å². The molecule has 4 heteroatoms. The Bertz CT molecular complexity index is 242. The quantitative estimate of drug-likeness (QED) is 0.752. The average molecular weight is 182 g/mol. The minimum Gasteiger partial charge on any atom is -0.447 e. The lowest BCUT2D eigenvalue weighted by molar-refractivity contribution is 0.0165. The van der Waals surface area contributed by atoms with E-state index in [1.807, 2.05) is 0 Å². The van der Waals surface area contributed by atoms with Gasteiger partial charge in [0.15, 0.2) is 6.39 Å². The molecule has 0 atom stereocenters. The highest BCUT2D eigenvalue weighted by Crippen LogP contribution is 2.22. The first-order valence-corrected chi connectivity index (χ1v) is 4.52. The van der Waals surface area contributed by atoms with Crippen molar-refractivity contribution in [3.8, 4) is 0 Å². The fourth-order valence-corrected chi connectivity index (χ4v) is 1.50. The Morgan fingerprint density at radius 2 is 2.54 bits per heavy atom. The fraction of sp³-hybridized carbons (Fsp3) is 0.667. The van der Waals surface area contributed by atoms with Crippen LogP contribution in [0.15, 0.2) is 17.0 Å². The predicted octanol–water partition coefficient (Wildman–Crippen LogP) is 0.942. The van der Waals surface area contributed by atoms with Gasteiger partial charge in [-0.15, -0.1) is 0 Å². The summed E-state index contributed by atoms with van der Waals surface area (Å²) in [5.41, 5.74) is 0. The minimum atomic E-state index is 0.451. The highest BCUT2D eigenvalue weighted by atomic mass is 16.5. The van der Waals surface area contributed by atoms with Gasteiger partial charge in [0.05, 0.1) is 18.8 Å². The van der Waals surface area contributed by atoms with Gasteiger partial charge in [0.25, 0.3) is 0 Å². The predicted molar refractivity (Wildman–Crippen MR) is 47.2 cm³/mol. The van der Waals surface area contributed by atoms with Gasteiger partial charge < -0.3 is 14.5 Å². The van der Waals surface area contributed by atoms with Crippen molar-refractivity contribution in [2.45, 2.75) is 31.5 Å². The van der Waals surface area contributed by atoms with Crippen LogP contribution in [-0.4, -0.2) is 24.2 Å². The summed E-state index contributed by atoms with van der Waals surface area (Å²) in [5.74, 6) is 0.890. The number of aromatic nitrogens is 1. The first-order valence-electron chi connectivity index (χ1n) is 4.52. The summed E-state index contributed by atoms with van der Waals surface area (Å²) in [6.45, 7) is 0.765. The second-order valence-corrected chi connectivity index (χ2v) is 3.37. The van der Waals surface area contributed by atoms with Crippen LogP contribution in [0.5, 0.6) is 0 Å². The number of oxazole rings is 1. The smallest absolute Gasteiger partial charge is 0.180 e. The van der Waals surface area contributed by atoms with Crippen LogP contribution in [0.2, 0.25) is 0 Å². The van der Waals surface area contributed by atoms with E-state index in [0.29, 0.717) is 12.1 Å². The molecule has 0 bridgehead atoms. The van der Waals surface area contributed by atoms with Crippen molar-refractivity contribution in [3.63, 3.8) is 0 Å². The van der Waals surface area contributed by atoms with E-state index in [1.165, 1.54) is 6.39 Å². The Labute approximate surface area is 77.3 Å². The third-order valence-electron chi connectivity index (χ3n) is 2.48. The largest absolute Gasteiger partial charge is 0.447 e. The van der Waals surface area contributed by atoms with Crippen LogP contribution in [-0.2, 0) is 11.3 Å². The van der Waals surface area contributed by atoms with Gasteiger partial charge in [-0.1, -0.05) is 0 Å². The Kier molecular flexibility index (Phi) is 2.61. The lowest BCUT2D eigenvalue weighted by Gasteiger charge is -2.34. The van der Waals surface area contributed by atoms with Crippen LogP contribution >= 0.6 is 0 Å². The van der Waals surface area contributed by atoms with Crippen LogP contribution in [0.1, 0.15) is 18.6 Å². The summed E-state index contributed by atoms with van der Waals surface area (Å²) in [7, 11) is 1.76. The molecule has 2 rings (SSSR count). The number of nitrogens with zero attached hydrogens (tertiary/aromatic N) is 1. The monoisotopic (exact) mass is 182 g/mol. The van der Waals surface area contributed by atoms with Gasteiger partial charge in [-0.3, -0.25) is 0 Å². The maximum Gasteiger partial charge on any atom is 0.180 e. The zero-order valence-electron chi connectivity index (χ0n) is 7.69. The molecule has 1 fully saturated rings. The fourth-order valence-electron chi connectivity index (χ4n) is 1.50. The molecule has 0 unspecified atom stereocenters. The first-order chi connectivity index (χ1) is 6.38. The average Bonchev–Trinajstić information content (AvgIpc) is 2.54. The van der Waals surface area contributed by atoms with E-state index in [-0.39, 0.29) is 0 Å². The highest BCUT2D eigenvalue weighted by molar-refractivity contribution is 4.91. The van der Waals surface area contributed by atoms with Gasteiger partial charge in [-0.2, -0.15) is 0 Å². The molecule has 0 radical (unpaired) electrons. The van der Waals surface area contributed by atoms with Gasteiger partial charge in [-0.05, 0) is 12.8 Å². The molecule has 72 valence electrons. The molecule has 0 spiro atoms. The molecule has 13 heavy (non-hydrogen) atoms. The molecule has 1 saturated carbocycles. The van der Waals surface area contributed by atoms with Gasteiger partial charge in [-0.25, -0.2) is 4.98 Å². The summed E-state index contributed by atoms with van der Waals surface area (Å²) >= 11 is 0. The molecule has 0 aliphatic heterocycles. The van der Waals surface area contributed by atoms with Crippen molar-refractivity contribution in [2.24, 2.45) is 0 Å². The van der Waals surface area contributed by atoms with E-state index in [4.69, 9.17) is 9.15 Å². The van der Waals surface area contributed by atoms with Crippen LogP contribution in [0.3, 0.4) is 0 Å². The third-order valence-corrected chi connectivity index (χ3v) is 2.48. The molecular weight excluding hydrogens is 168 g/mol. The van der Waals surface area contributed by atoms with Crippen LogP contribution in [0.4, 0.5) is 0 Å². The standard InChI is InChI=1S/C9H14N2O2/c1-12-8-2-7(3-8)11-5-9-4-10-6-13-9/h4,6-8,11H,2-3,5H2,1H3. The number of methoxy groups -OCH3 is 1. The van der Waals surface area contributed by atoms with E-state index >= 15 is 0 Å². The molecule has 4 nitrogen and oxygen atoms in total. The molecule has 0 aromatic carbocycles. The van der Waals surface area contributed by atoms with Crippen molar-refractivity contribution in [2.75, 3.05) is 7.11 Å². The topological polar surface area (TPSA) is 47.3 Å². The molecule has 1 aliphatic carbocycles. The summed E-state index contributed by atoms with van der Waals surface area (Å²) in [5, 5.41) is 3.37. The zero-order valence-corrected chi connectivity index (χ0v) is 7.69. The molecule has 0 saturated heterocycles. The van der Waals surface area contributed by atoms with Gasteiger partial charge >= 0.3 is 0 Å². The summed E-state index contributed by atoms with van der Waals surface area (Å²) in [6, 6.07) is 0.579. The lowest BCUT2D eigenvalue weighted by atomic mass is 9.89. The van der Waals surface area contributed by atoms with Crippen molar-refractivity contribution < 1.29 is 9.15 Å². The zero-order chi connectivity index (χ0) is 9.10. The maximum atomic E-state index is 5.18. The second kappa shape index (κ2) is 3.89. The highest BCUT2D eigenvalue weighted by Gasteiger charge is 2.28. The maximum absolute atomic E-state index is 5.18. The van der Waals surface area contributed by atoms with Gasteiger partial charge in [0, 0.05) is 13.2 Å². The van der Waals surface area contributed by atoms with Crippen molar-refractivity contribution in [1.29, 1.82) is 0 Å². The van der Waals surface area contributed by atoms with E-state index in [9.17, 15) is 0 Å².